The zero-order chi connectivity index (χ0) is 14.4. The Hall–Kier alpha value is -0.860. The summed E-state index contributed by atoms with van der Waals surface area (Å²) in [6.07, 6.45) is 7.15. The number of rotatable bonds is 8. The molecule has 0 bridgehead atoms. The highest BCUT2D eigenvalue weighted by Crippen LogP contribution is 2.44. The van der Waals surface area contributed by atoms with Gasteiger partial charge < -0.3 is 10.1 Å². The minimum Gasteiger partial charge on any atom is -0.376 e. The number of benzene rings is 1. The third-order valence-electron chi connectivity index (χ3n) is 4.58. The van der Waals surface area contributed by atoms with Crippen molar-refractivity contribution in [3.8, 4) is 0 Å². The first-order valence-corrected chi connectivity index (χ1v) is 8.13. The van der Waals surface area contributed by atoms with Crippen molar-refractivity contribution >= 4 is 0 Å². The van der Waals surface area contributed by atoms with Crippen molar-refractivity contribution < 1.29 is 4.74 Å². The molecule has 0 aliphatic heterocycles. The third kappa shape index (κ3) is 3.24. The summed E-state index contributed by atoms with van der Waals surface area (Å²) in [6.45, 7) is 5.49. The molecule has 1 atom stereocenters. The van der Waals surface area contributed by atoms with Crippen LogP contribution in [0.2, 0.25) is 0 Å². The summed E-state index contributed by atoms with van der Waals surface area (Å²) in [5.74, 6) is 0. The van der Waals surface area contributed by atoms with Gasteiger partial charge in [0.25, 0.3) is 0 Å². The lowest BCUT2D eigenvalue weighted by Gasteiger charge is -2.47. The first kappa shape index (κ1) is 15.5. The Morgan fingerprint density at radius 1 is 1.15 bits per heavy atom. The lowest BCUT2D eigenvalue weighted by Crippen LogP contribution is -2.50. The minimum absolute atomic E-state index is 0.0153. The second-order valence-corrected chi connectivity index (χ2v) is 6.00. The second kappa shape index (κ2) is 7.24. The monoisotopic (exact) mass is 275 g/mol. The molecular formula is C18H29NO. The van der Waals surface area contributed by atoms with Gasteiger partial charge in [-0.2, -0.15) is 0 Å². The number of methoxy groups -OCH3 is 1. The zero-order valence-electron chi connectivity index (χ0n) is 13.2. The fraction of sp³-hybridized carbons (Fsp3) is 0.667. The maximum absolute atomic E-state index is 5.90. The maximum Gasteiger partial charge on any atom is 0.0872 e. The summed E-state index contributed by atoms with van der Waals surface area (Å²) in [5, 5.41) is 3.71. The summed E-state index contributed by atoms with van der Waals surface area (Å²) in [4.78, 5) is 0. The number of aryl methyl sites for hydroxylation is 1. The summed E-state index contributed by atoms with van der Waals surface area (Å²) in [5.41, 5.74) is 2.83. The van der Waals surface area contributed by atoms with Gasteiger partial charge in [0.1, 0.15) is 0 Å². The van der Waals surface area contributed by atoms with Crippen LogP contribution in [0.3, 0.4) is 0 Å². The normalized spacial score (nSPS) is 18.6. The smallest absolute Gasteiger partial charge is 0.0872 e. The van der Waals surface area contributed by atoms with Crippen molar-refractivity contribution in [3.05, 3.63) is 35.4 Å². The molecule has 2 nitrogen and oxygen atoms in total. The molecule has 1 fully saturated rings. The molecule has 0 heterocycles. The molecule has 20 heavy (non-hydrogen) atoms. The number of ether oxygens (including phenoxy) is 1. The van der Waals surface area contributed by atoms with Crippen LogP contribution < -0.4 is 5.32 Å². The highest BCUT2D eigenvalue weighted by molar-refractivity contribution is 5.28. The number of nitrogens with one attached hydrogen (secondary N) is 1. The van der Waals surface area contributed by atoms with Crippen LogP contribution in [0.1, 0.15) is 63.1 Å². The molecule has 1 saturated carbocycles. The van der Waals surface area contributed by atoms with E-state index in [1.807, 2.05) is 7.11 Å². The van der Waals surface area contributed by atoms with E-state index in [2.05, 4.69) is 43.4 Å². The SMILES string of the molecule is CCCNC(c1ccc(CCC)cc1)C1(OC)CCC1. The first-order valence-electron chi connectivity index (χ1n) is 8.13. The summed E-state index contributed by atoms with van der Waals surface area (Å²) >= 11 is 0. The maximum atomic E-state index is 5.90. The summed E-state index contributed by atoms with van der Waals surface area (Å²) < 4.78 is 5.90. The van der Waals surface area contributed by atoms with Crippen molar-refractivity contribution in [1.29, 1.82) is 0 Å². The van der Waals surface area contributed by atoms with E-state index in [0.717, 1.165) is 13.0 Å². The van der Waals surface area contributed by atoms with E-state index in [4.69, 9.17) is 4.74 Å². The van der Waals surface area contributed by atoms with Crippen molar-refractivity contribution in [2.75, 3.05) is 13.7 Å². The van der Waals surface area contributed by atoms with Gasteiger partial charge in [0.15, 0.2) is 0 Å². The Morgan fingerprint density at radius 3 is 2.30 bits per heavy atom. The predicted molar refractivity (Wildman–Crippen MR) is 85.1 cm³/mol. The lowest BCUT2D eigenvalue weighted by molar-refractivity contribution is -0.0997. The summed E-state index contributed by atoms with van der Waals surface area (Å²) in [7, 11) is 1.87. The summed E-state index contributed by atoms with van der Waals surface area (Å²) in [6, 6.07) is 9.47. The highest BCUT2D eigenvalue weighted by Gasteiger charge is 2.44. The standard InChI is InChI=1S/C18H29NO/c1-4-7-15-8-10-16(11-9-15)17(19-14-5-2)18(20-3)12-6-13-18/h8-11,17,19H,4-7,12-14H2,1-3H3. The van der Waals surface area contributed by atoms with Gasteiger partial charge in [-0.15, -0.1) is 0 Å². The molecule has 0 saturated heterocycles. The second-order valence-electron chi connectivity index (χ2n) is 6.00. The van der Waals surface area contributed by atoms with Gasteiger partial charge in [0.05, 0.1) is 11.6 Å². The molecule has 0 aromatic heterocycles. The molecule has 0 amide bonds. The molecule has 1 aromatic rings. The van der Waals surface area contributed by atoms with E-state index in [0.29, 0.717) is 6.04 Å². The Morgan fingerprint density at radius 2 is 1.85 bits per heavy atom. The minimum atomic E-state index is 0.0153. The molecule has 2 heteroatoms. The fourth-order valence-corrected chi connectivity index (χ4v) is 3.20. The van der Waals surface area contributed by atoms with Crippen LogP contribution in [0.4, 0.5) is 0 Å². The fourth-order valence-electron chi connectivity index (χ4n) is 3.20. The van der Waals surface area contributed by atoms with Gasteiger partial charge in [-0.05, 0) is 49.8 Å². The van der Waals surface area contributed by atoms with Crippen LogP contribution in [0, 0.1) is 0 Å². The van der Waals surface area contributed by atoms with Gasteiger partial charge in [0.2, 0.25) is 0 Å². The van der Waals surface area contributed by atoms with Gasteiger partial charge in [-0.1, -0.05) is 44.5 Å². The lowest BCUT2D eigenvalue weighted by atomic mass is 9.72. The van der Waals surface area contributed by atoms with Gasteiger partial charge >= 0.3 is 0 Å². The molecule has 1 N–H and O–H groups in total. The molecule has 2 rings (SSSR count). The van der Waals surface area contributed by atoms with Crippen LogP contribution in [0.25, 0.3) is 0 Å². The molecule has 1 unspecified atom stereocenters. The van der Waals surface area contributed by atoms with E-state index in [-0.39, 0.29) is 5.60 Å². The van der Waals surface area contributed by atoms with Crippen LogP contribution >= 0.6 is 0 Å². The Labute approximate surface area is 123 Å². The van der Waals surface area contributed by atoms with E-state index >= 15 is 0 Å². The Bertz CT molecular complexity index is 389. The number of hydrogen-bond acceptors (Lipinski definition) is 2. The molecular weight excluding hydrogens is 246 g/mol. The quantitative estimate of drug-likeness (QED) is 0.766. The first-order chi connectivity index (χ1) is 9.75. The molecule has 1 aliphatic rings. The average Bonchev–Trinajstić information content (AvgIpc) is 2.43. The van der Waals surface area contributed by atoms with Crippen molar-refractivity contribution in [3.63, 3.8) is 0 Å². The molecule has 1 aromatic carbocycles. The third-order valence-corrected chi connectivity index (χ3v) is 4.58. The van der Waals surface area contributed by atoms with Crippen molar-refractivity contribution in [2.24, 2.45) is 0 Å². The molecule has 112 valence electrons. The van der Waals surface area contributed by atoms with E-state index < -0.39 is 0 Å². The van der Waals surface area contributed by atoms with E-state index in [9.17, 15) is 0 Å². The van der Waals surface area contributed by atoms with Crippen molar-refractivity contribution in [1.82, 2.24) is 5.32 Å². The van der Waals surface area contributed by atoms with Crippen LogP contribution in [-0.4, -0.2) is 19.3 Å². The Kier molecular flexibility index (Phi) is 5.62. The highest BCUT2D eigenvalue weighted by atomic mass is 16.5. The molecule has 0 spiro atoms. The van der Waals surface area contributed by atoms with E-state index in [1.54, 1.807) is 0 Å². The predicted octanol–water partition coefficient (Wildman–Crippen LogP) is 4.25. The zero-order valence-corrected chi connectivity index (χ0v) is 13.2. The van der Waals surface area contributed by atoms with Crippen LogP contribution in [0.15, 0.2) is 24.3 Å². The van der Waals surface area contributed by atoms with Gasteiger partial charge in [-0.25, -0.2) is 0 Å². The largest absolute Gasteiger partial charge is 0.376 e. The van der Waals surface area contributed by atoms with Gasteiger partial charge in [0, 0.05) is 7.11 Å². The van der Waals surface area contributed by atoms with Gasteiger partial charge in [-0.3, -0.25) is 0 Å². The Balaban J connectivity index is 2.17. The van der Waals surface area contributed by atoms with Crippen LogP contribution in [-0.2, 0) is 11.2 Å². The average molecular weight is 275 g/mol. The van der Waals surface area contributed by atoms with Crippen molar-refractivity contribution in [2.45, 2.75) is 64.0 Å². The van der Waals surface area contributed by atoms with Crippen LogP contribution in [0.5, 0.6) is 0 Å². The number of hydrogen-bond donors (Lipinski definition) is 1. The topological polar surface area (TPSA) is 21.3 Å². The molecule has 1 aliphatic carbocycles. The molecule has 0 radical (unpaired) electrons. The van der Waals surface area contributed by atoms with E-state index in [1.165, 1.54) is 43.2 Å².